The van der Waals surface area contributed by atoms with Gasteiger partial charge in [0.2, 0.25) is 5.91 Å². The molecule has 0 spiro atoms. The van der Waals surface area contributed by atoms with Gasteiger partial charge in [0.15, 0.2) is 0 Å². The summed E-state index contributed by atoms with van der Waals surface area (Å²) in [6.07, 6.45) is -4.72. The van der Waals surface area contributed by atoms with Crippen molar-refractivity contribution < 1.29 is 22.4 Å². The molecule has 4 nitrogen and oxygen atoms in total. The summed E-state index contributed by atoms with van der Waals surface area (Å²) in [4.78, 5) is 16.2. The minimum atomic E-state index is -4.72. The van der Waals surface area contributed by atoms with Crippen LogP contribution in [0.15, 0.2) is 35.4 Å². The number of anilines is 1. The molecule has 9 heteroatoms. The van der Waals surface area contributed by atoms with Gasteiger partial charge in [-0.05, 0) is 32.0 Å². The topological polar surface area (TPSA) is 65.8 Å². The van der Waals surface area contributed by atoms with Gasteiger partial charge in [-0.3, -0.25) is 4.79 Å². The SMILES string of the molecule is Cc1cc(C(F)(F)F)c(C#N)c(SC(C)C(=O)Nc2ccccc2F)n1. The van der Waals surface area contributed by atoms with Crippen LogP contribution in [0.4, 0.5) is 23.2 Å². The smallest absolute Gasteiger partial charge is 0.323 e. The molecule has 0 fully saturated rings. The van der Waals surface area contributed by atoms with Crippen LogP contribution in [0.3, 0.4) is 0 Å². The molecular formula is C17H13F4N3OS. The Hall–Kier alpha value is -2.60. The van der Waals surface area contributed by atoms with Crippen molar-refractivity contribution in [3.05, 3.63) is 53.0 Å². The second-order valence-electron chi connectivity index (χ2n) is 5.33. The molecule has 1 atom stereocenters. The van der Waals surface area contributed by atoms with Gasteiger partial charge in [0, 0.05) is 5.69 Å². The molecule has 136 valence electrons. The molecule has 0 aliphatic carbocycles. The van der Waals surface area contributed by atoms with Crippen LogP contribution in [0.25, 0.3) is 0 Å². The first-order valence-corrected chi connectivity index (χ1v) is 8.22. The third kappa shape index (κ3) is 4.52. The fourth-order valence-corrected chi connectivity index (χ4v) is 3.05. The van der Waals surface area contributed by atoms with E-state index >= 15 is 0 Å². The van der Waals surface area contributed by atoms with Crippen molar-refractivity contribution in [2.45, 2.75) is 30.3 Å². The first-order chi connectivity index (χ1) is 12.1. The summed E-state index contributed by atoms with van der Waals surface area (Å²) in [5, 5.41) is 10.4. The summed E-state index contributed by atoms with van der Waals surface area (Å²) < 4.78 is 52.9. The normalized spacial score (nSPS) is 12.3. The first kappa shape index (κ1) is 19.7. The molecule has 26 heavy (non-hydrogen) atoms. The number of aromatic nitrogens is 1. The van der Waals surface area contributed by atoms with Gasteiger partial charge in [0.25, 0.3) is 0 Å². The number of carbonyl (C=O) groups excluding carboxylic acids is 1. The van der Waals surface area contributed by atoms with Crippen molar-refractivity contribution in [3.63, 3.8) is 0 Å². The Balaban J connectivity index is 2.27. The molecule has 2 rings (SSSR count). The Kier molecular flexibility index (Phi) is 5.87. The lowest BCUT2D eigenvalue weighted by atomic mass is 10.1. The Bertz CT molecular complexity index is 877. The van der Waals surface area contributed by atoms with Crippen LogP contribution < -0.4 is 5.32 Å². The van der Waals surface area contributed by atoms with Crippen molar-refractivity contribution in [2.75, 3.05) is 5.32 Å². The van der Waals surface area contributed by atoms with Crippen LogP contribution in [0, 0.1) is 24.1 Å². The van der Waals surface area contributed by atoms with Gasteiger partial charge >= 0.3 is 6.18 Å². The van der Waals surface area contributed by atoms with Gasteiger partial charge in [-0.15, -0.1) is 0 Å². The largest absolute Gasteiger partial charge is 0.417 e. The number of hydrogen-bond acceptors (Lipinski definition) is 4. The number of aryl methyl sites for hydroxylation is 1. The van der Waals surface area contributed by atoms with E-state index in [4.69, 9.17) is 5.26 Å². The predicted molar refractivity (Wildman–Crippen MR) is 89.0 cm³/mol. The van der Waals surface area contributed by atoms with E-state index in [0.717, 1.165) is 6.07 Å². The molecule has 1 aromatic heterocycles. The number of rotatable bonds is 4. The number of alkyl halides is 3. The van der Waals surface area contributed by atoms with Crippen molar-refractivity contribution >= 4 is 23.4 Å². The van der Waals surface area contributed by atoms with Crippen molar-refractivity contribution in [1.29, 1.82) is 5.26 Å². The molecule has 0 aliphatic rings. The lowest BCUT2D eigenvalue weighted by Crippen LogP contribution is -2.23. The highest BCUT2D eigenvalue weighted by Crippen LogP contribution is 2.37. The van der Waals surface area contributed by atoms with Crippen molar-refractivity contribution in [2.24, 2.45) is 0 Å². The highest BCUT2D eigenvalue weighted by Gasteiger charge is 2.36. The zero-order chi connectivity index (χ0) is 19.5. The zero-order valence-electron chi connectivity index (χ0n) is 13.7. The fraction of sp³-hybridized carbons (Fsp3) is 0.235. The maximum absolute atomic E-state index is 13.6. The molecule has 0 saturated heterocycles. The first-order valence-electron chi connectivity index (χ1n) is 7.34. The Labute approximate surface area is 151 Å². The Morgan fingerprint density at radius 1 is 1.35 bits per heavy atom. The van der Waals surface area contributed by atoms with Gasteiger partial charge in [0.05, 0.1) is 22.1 Å². The van der Waals surface area contributed by atoms with E-state index in [-0.39, 0.29) is 16.4 Å². The molecule has 0 radical (unpaired) electrons. The van der Waals surface area contributed by atoms with E-state index in [2.05, 4.69) is 10.3 Å². The molecular weight excluding hydrogens is 370 g/mol. The number of nitriles is 1. The molecule has 1 heterocycles. The Morgan fingerprint density at radius 2 is 2.00 bits per heavy atom. The van der Waals surface area contributed by atoms with Crippen LogP contribution in [0.2, 0.25) is 0 Å². The number of amides is 1. The van der Waals surface area contributed by atoms with Crippen LogP contribution in [0.5, 0.6) is 0 Å². The van der Waals surface area contributed by atoms with E-state index in [9.17, 15) is 22.4 Å². The van der Waals surface area contributed by atoms with Gasteiger partial charge in [0.1, 0.15) is 16.9 Å². The van der Waals surface area contributed by atoms with E-state index in [1.165, 1.54) is 44.2 Å². The van der Waals surface area contributed by atoms with Gasteiger partial charge < -0.3 is 5.32 Å². The lowest BCUT2D eigenvalue weighted by molar-refractivity contribution is -0.138. The average molecular weight is 383 g/mol. The summed E-state index contributed by atoms with van der Waals surface area (Å²) in [6, 6.07) is 7.80. The maximum Gasteiger partial charge on any atom is 0.417 e. The summed E-state index contributed by atoms with van der Waals surface area (Å²) >= 11 is 0.704. The number of para-hydroxylation sites is 1. The second kappa shape index (κ2) is 7.74. The molecule has 1 unspecified atom stereocenters. The number of nitrogens with zero attached hydrogens (tertiary/aromatic N) is 2. The van der Waals surface area contributed by atoms with E-state index < -0.39 is 34.3 Å². The van der Waals surface area contributed by atoms with Crippen molar-refractivity contribution in [1.82, 2.24) is 4.98 Å². The number of nitrogens with one attached hydrogen (secondary N) is 1. The summed E-state index contributed by atoms with van der Waals surface area (Å²) in [5.74, 6) is -1.26. The summed E-state index contributed by atoms with van der Waals surface area (Å²) in [7, 11) is 0. The van der Waals surface area contributed by atoms with Gasteiger partial charge in [-0.25, -0.2) is 9.37 Å². The number of hydrogen-bond donors (Lipinski definition) is 1. The summed E-state index contributed by atoms with van der Waals surface area (Å²) in [5.41, 5.74) is -1.71. The van der Waals surface area contributed by atoms with Gasteiger partial charge in [-0.2, -0.15) is 18.4 Å². The number of halogens is 4. The van der Waals surface area contributed by atoms with E-state index in [1.807, 2.05) is 0 Å². The number of thioether (sulfide) groups is 1. The van der Waals surface area contributed by atoms with Crippen LogP contribution in [-0.2, 0) is 11.0 Å². The molecule has 1 N–H and O–H groups in total. The quantitative estimate of drug-likeness (QED) is 0.622. The van der Waals surface area contributed by atoms with Crippen LogP contribution in [0.1, 0.15) is 23.7 Å². The highest BCUT2D eigenvalue weighted by molar-refractivity contribution is 8.00. The molecule has 0 saturated carbocycles. The minimum Gasteiger partial charge on any atom is -0.323 e. The maximum atomic E-state index is 13.6. The molecule has 2 aromatic rings. The molecule has 0 aliphatic heterocycles. The average Bonchev–Trinajstić information content (AvgIpc) is 2.55. The monoisotopic (exact) mass is 383 g/mol. The number of carbonyl (C=O) groups is 1. The van der Waals surface area contributed by atoms with Crippen LogP contribution >= 0.6 is 11.8 Å². The predicted octanol–water partition coefficient (Wildman–Crippen LogP) is 4.54. The minimum absolute atomic E-state index is 0.0429. The van der Waals surface area contributed by atoms with E-state index in [0.29, 0.717) is 11.8 Å². The van der Waals surface area contributed by atoms with Crippen molar-refractivity contribution in [3.8, 4) is 6.07 Å². The van der Waals surface area contributed by atoms with Gasteiger partial charge in [-0.1, -0.05) is 23.9 Å². The number of pyridine rings is 1. The Morgan fingerprint density at radius 3 is 2.58 bits per heavy atom. The summed E-state index contributed by atoms with van der Waals surface area (Å²) in [6.45, 7) is 2.80. The third-order valence-electron chi connectivity index (χ3n) is 3.32. The molecule has 0 bridgehead atoms. The van der Waals surface area contributed by atoms with Crippen LogP contribution in [-0.4, -0.2) is 16.1 Å². The lowest BCUT2D eigenvalue weighted by Gasteiger charge is -2.16. The fourth-order valence-electron chi connectivity index (χ4n) is 2.08. The third-order valence-corrected chi connectivity index (χ3v) is 4.41. The highest BCUT2D eigenvalue weighted by atomic mass is 32.2. The zero-order valence-corrected chi connectivity index (χ0v) is 14.5. The van der Waals surface area contributed by atoms with E-state index in [1.54, 1.807) is 0 Å². The molecule has 1 amide bonds. The number of benzene rings is 1. The molecule has 1 aromatic carbocycles. The second-order valence-corrected chi connectivity index (χ2v) is 6.66. The standard InChI is InChI=1S/C17H13F4N3OS/c1-9-7-12(17(19,20)21)11(8-22)16(23-9)26-10(2)15(25)24-14-6-4-3-5-13(14)18/h3-7,10H,1-2H3,(H,24,25).